The number of hydrogen-bond donors (Lipinski definition) is 1. The van der Waals surface area contributed by atoms with Crippen LogP contribution in [-0.2, 0) is 14.9 Å². The molecule has 1 saturated heterocycles. The second-order valence-electron chi connectivity index (χ2n) is 5.54. The van der Waals surface area contributed by atoms with Crippen LogP contribution in [0.1, 0.15) is 29.9 Å². The van der Waals surface area contributed by atoms with Gasteiger partial charge in [-0.15, -0.1) is 0 Å². The lowest BCUT2D eigenvalue weighted by molar-refractivity contribution is -0.134. The number of rotatable bonds is 3. The molecule has 23 heavy (non-hydrogen) atoms. The van der Waals surface area contributed by atoms with Crippen LogP contribution in [0, 0.1) is 0 Å². The Morgan fingerprint density at radius 3 is 2.52 bits per heavy atom. The van der Waals surface area contributed by atoms with Gasteiger partial charge in [0.25, 0.3) is 0 Å². The van der Waals surface area contributed by atoms with Crippen LogP contribution >= 0.6 is 27.5 Å². The van der Waals surface area contributed by atoms with E-state index in [1.54, 1.807) is 0 Å². The van der Waals surface area contributed by atoms with Gasteiger partial charge in [-0.3, -0.25) is 14.9 Å². The number of hydrogen-bond acceptors (Lipinski definition) is 2. The van der Waals surface area contributed by atoms with E-state index >= 15 is 0 Å². The van der Waals surface area contributed by atoms with Crippen LogP contribution in [0.25, 0.3) is 11.1 Å². The van der Waals surface area contributed by atoms with Crippen LogP contribution in [0.15, 0.2) is 42.5 Å². The van der Waals surface area contributed by atoms with Crippen LogP contribution in [0.5, 0.6) is 0 Å². The zero-order valence-electron chi connectivity index (χ0n) is 12.3. The highest BCUT2D eigenvalue weighted by atomic mass is 79.9. The summed E-state index contributed by atoms with van der Waals surface area (Å²) in [5.74, 6) is -0.860. The standard InChI is InChI=1S/C18H15BrClNO2/c19-10-11-4-6-12(7-5-11)13-2-1-3-14(17(13)20)15-8-9-16(22)21-18(15)23/h1-7,15H,8-10H2,(H,21,22,23). The van der Waals surface area contributed by atoms with Crippen LogP contribution in [0.3, 0.4) is 0 Å². The number of halogens is 2. The maximum Gasteiger partial charge on any atom is 0.234 e. The zero-order chi connectivity index (χ0) is 16.4. The predicted octanol–water partition coefficient (Wildman–Crippen LogP) is 4.42. The molecular weight excluding hydrogens is 378 g/mol. The predicted molar refractivity (Wildman–Crippen MR) is 94.6 cm³/mol. The third kappa shape index (κ3) is 3.33. The smallest absolute Gasteiger partial charge is 0.234 e. The van der Waals surface area contributed by atoms with Crippen molar-refractivity contribution in [3.63, 3.8) is 0 Å². The third-order valence-corrected chi connectivity index (χ3v) is 5.13. The molecule has 1 fully saturated rings. The molecule has 2 amide bonds. The minimum atomic E-state index is -0.373. The van der Waals surface area contributed by atoms with Crippen LogP contribution in [0.4, 0.5) is 0 Å². The Labute approximate surface area is 148 Å². The number of nitrogens with one attached hydrogen (secondary N) is 1. The first-order valence-corrected chi connectivity index (χ1v) is 8.87. The molecule has 0 aliphatic carbocycles. The quantitative estimate of drug-likeness (QED) is 0.621. The lowest BCUT2D eigenvalue weighted by atomic mass is 9.88. The van der Waals surface area contributed by atoms with E-state index < -0.39 is 0 Å². The first kappa shape index (κ1) is 16.2. The Kier molecular flexibility index (Phi) is 4.83. The fourth-order valence-corrected chi connectivity index (χ4v) is 3.55. The average Bonchev–Trinajstić information content (AvgIpc) is 2.56. The zero-order valence-corrected chi connectivity index (χ0v) is 14.7. The number of piperidine rings is 1. The van der Waals surface area contributed by atoms with Gasteiger partial charge < -0.3 is 0 Å². The van der Waals surface area contributed by atoms with Crippen molar-refractivity contribution in [2.45, 2.75) is 24.1 Å². The molecule has 2 aromatic rings. The van der Waals surface area contributed by atoms with Crippen molar-refractivity contribution in [3.05, 3.63) is 58.6 Å². The summed E-state index contributed by atoms with van der Waals surface area (Å²) in [4.78, 5) is 23.4. The van der Waals surface area contributed by atoms with Gasteiger partial charge in [-0.25, -0.2) is 0 Å². The number of benzene rings is 2. The first-order chi connectivity index (χ1) is 11.1. The van der Waals surface area contributed by atoms with Crippen molar-refractivity contribution < 1.29 is 9.59 Å². The largest absolute Gasteiger partial charge is 0.296 e. The maximum atomic E-state index is 12.1. The fourth-order valence-electron chi connectivity index (χ4n) is 2.81. The van der Waals surface area contributed by atoms with Gasteiger partial charge >= 0.3 is 0 Å². The Bertz CT molecular complexity index is 758. The van der Waals surface area contributed by atoms with Crippen molar-refractivity contribution in [3.8, 4) is 11.1 Å². The highest BCUT2D eigenvalue weighted by Gasteiger charge is 2.30. The SMILES string of the molecule is O=C1CCC(c2cccc(-c3ccc(CBr)cc3)c2Cl)C(=O)N1. The number of carbonyl (C=O) groups excluding carboxylic acids is 2. The van der Waals surface area contributed by atoms with Crippen LogP contribution < -0.4 is 5.32 Å². The summed E-state index contributed by atoms with van der Waals surface area (Å²) in [7, 11) is 0. The summed E-state index contributed by atoms with van der Waals surface area (Å²) >= 11 is 10.0. The summed E-state index contributed by atoms with van der Waals surface area (Å²) in [6, 6.07) is 13.8. The minimum Gasteiger partial charge on any atom is -0.296 e. The van der Waals surface area contributed by atoms with E-state index in [1.807, 2.05) is 42.5 Å². The summed E-state index contributed by atoms with van der Waals surface area (Å²) < 4.78 is 0. The maximum absolute atomic E-state index is 12.1. The van der Waals surface area contributed by atoms with Crippen LogP contribution in [0.2, 0.25) is 5.02 Å². The molecule has 1 aliphatic heterocycles. The topological polar surface area (TPSA) is 46.2 Å². The van der Waals surface area contributed by atoms with Crippen molar-refractivity contribution in [2.24, 2.45) is 0 Å². The Morgan fingerprint density at radius 2 is 1.87 bits per heavy atom. The van der Waals surface area contributed by atoms with Gasteiger partial charge in [0.05, 0.1) is 10.9 Å². The Hall–Kier alpha value is -1.65. The second-order valence-corrected chi connectivity index (χ2v) is 6.48. The molecule has 0 aromatic heterocycles. The van der Waals surface area contributed by atoms with Gasteiger partial charge in [0.15, 0.2) is 0 Å². The molecule has 1 N–H and O–H groups in total. The van der Waals surface area contributed by atoms with Crippen molar-refractivity contribution in [1.82, 2.24) is 5.32 Å². The monoisotopic (exact) mass is 391 g/mol. The summed E-state index contributed by atoms with van der Waals surface area (Å²) in [5.41, 5.74) is 3.87. The highest BCUT2D eigenvalue weighted by Crippen LogP contribution is 2.37. The summed E-state index contributed by atoms with van der Waals surface area (Å²) in [6.07, 6.45) is 0.841. The Balaban J connectivity index is 1.97. The van der Waals surface area contributed by atoms with Gasteiger partial charge in [-0.2, -0.15) is 0 Å². The molecule has 3 nitrogen and oxygen atoms in total. The van der Waals surface area contributed by atoms with Gasteiger partial charge in [0.2, 0.25) is 11.8 Å². The first-order valence-electron chi connectivity index (χ1n) is 7.37. The molecule has 2 aromatic carbocycles. The van der Waals surface area contributed by atoms with Crippen molar-refractivity contribution in [1.29, 1.82) is 0 Å². The molecule has 1 unspecified atom stereocenters. The summed E-state index contributed by atoms with van der Waals surface area (Å²) in [6.45, 7) is 0. The van der Waals surface area contributed by atoms with Crippen molar-refractivity contribution >= 4 is 39.3 Å². The molecule has 0 bridgehead atoms. The average molecular weight is 393 g/mol. The number of alkyl halides is 1. The van der Waals surface area contributed by atoms with E-state index in [9.17, 15) is 9.59 Å². The van der Waals surface area contributed by atoms with Crippen molar-refractivity contribution in [2.75, 3.05) is 0 Å². The lowest BCUT2D eigenvalue weighted by Crippen LogP contribution is -2.39. The molecule has 0 radical (unpaired) electrons. The number of carbonyl (C=O) groups is 2. The van der Waals surface area contributed by atoms with E-state index in [4.69, 9.17) is 11.6 Å². The van der Waals surface area contributed by atoms with E-state index in [1.165, 1.54) is 5.56 Å². The van der Waals surface area contributed by atoms with Gasteiger partial charge in [-0.05, 0) is 23.1 Å². The van der Waals surface area contributed by atoms with Gasteiger partial charge in [-0.1, -0.05) is 70.0 Å². The van der Waals surface area contributed by atoms with E-state index in [2.05, 4.69) is 21.2 Å². The molecule has 1 atom stereocenters. The highest BCUT2D eigenvalue weighted by molar-refractivity contribution is 9.08. The number of imide groups is 1. The fraction of sp³-hybridized carbons (Fsp3) is 0.222. The molecule has 0 saturated carbocycles. The molecule has 3 rings (SSSR count). The normalized spacial score (nSPS) is 17.9. The third-order valence-electron chi connectivity index (χ3n) is 4.06. The molecule has 1 heterocycles. The molecular formula is C18H15BrClNO2. The lowest BCUT2D eigenvalue weighted by Gasteiger charge is -2.23. The minimum absolute atomic E-state index is 0.219. The van der Waals surface area contributed by atoms with Gasteiger partial charge in [0, 0.05) is 17.3 Å². The van der Waals surface area contributed by atoms with E-state index in [-0.39, 0.29) is 17.7 Å². The van der Waals surface area contributed by atoms with Gasteiger partial charge in [0.1, 0.15) is 0 Å². The second kappa shape index (κ2) is 6.85. The van der Waals surface area contributed by atoms with E-state index in [0.717, 1.165) is 22.0 Å². The summed E-state index contributed by atoms with van der Waals surface area (Å²) in [5, 5.41) is 3.77. The molecule has 5 heteroatoms. The molecule has 1 aliphatic rings. The van der Waals surface area contributed by atoms with Crippen LogP contribution in [-0.4, -0.2) is 11.8 Å². The number of amides is 2. The molecule has 0 spiro atoms. The molecule has 118 valence electrons. The van der Waals surface area contributed by atoms with E-state index in [0.29, 0.717) is 17.9 Å². The Morgan fingerprint density at radius 1 is 1.13 bits per heavy atom.